The van der Waals surface area contributed by atoms with E-state index in [0.29, 0.717) is 18.9 Å². The van der Waals surface area contributed by atoms with E-state index in [1.165, 1.54) is 0 Å². The maximum absolute atomic E-state index is 11.7. The van der Waals surface area contributed by atoms with Crippen LogP contribution in [0.4, 0.5) is 0 Å². The van der Waals surface area contributed by atoms with Crippen molar-refractivity contribution in [1.82, 2.24) is 4.90 Å². The molecule has 1 aromatic rings. The van der Waals surface area contributed by atoms with E-state index >= 15 is 0 Å². The quantitative estimate of drug-likeness (QED) is 0.785. The van der Waals surface area contributed by atoms with Gasteiger partial charge in [0, 0.05) is 25.1 Å². The summed E-state index contributed by atoms with van der Waals surface area (Å²) >= 11 is 4.22. The Morgan fingerprint density at radius 1 is 1.44 bits per heavy atom. The molecule has 2 rings (SSSR count). The van der Waals surface area contributed by atoms with Gasteiger partial charge in [-0.15, -0.1) is 0 Å². The maximum atomic E-state index is 11.7. The highest BCUT2D eigenvalue weighted by Gasteiger charge is 2.28. The lowest BCUT2D eigenvalue weighted by atomic mass is 10.1. The van der Waals surface area contributed by atoms with Crippen LogP contribution in [0.2, 0.25) is 0 Å². The van der Waals surface area contributed by atoms with E-state index in [2.05, 4.69) is 12.6 Å². The van der Waals surface area contributed by atoms with Crippen LogP contribution in [0.1, 0.15) is 12.0 Å². The lowest BCUT2D eigenvalue weighted by Crippen LogP contribution is -2.24. The molecule has 0 radical (unpaired) electrons. The van der Waals surface area contributed by atoms with Crippen LogP contribution < -0.4 is 0 Å². The molecular formula is C12H15NO2S. The summed E-state index contributed by atoms with van der Waals surface area (Å²) in [6, 6.07) is 7.13. The van der Waals surface area contributed by atoms with E-state index in [0.717, 1.165) is 17.9 Å². The summed E-state index contributed by atoms with van der Waals surface area (Å²) in [6.07, 6.45) is 0.580. The molecule has 0 aliphatic carbocycles. The normalized spacial score (nSPS) is 20.4. The number of likely N-dealkylation sites (tertiary alicyclic amines) is 1. The minimum atomic E-state index is 0.155. The zero-order chi connectivity index (χ0) is 11.5. The topological polar surface area (TPSA) is 40.5 Å². The number of phenols is 1. The number of para-hydroxylation sites is 1. The van der Waals surface area contributed by atoms with Crippen molar-refractivity contribution in [3.05, 3.63) is 29.8 Å². The molecule has 1 fully saturated rings. The fourth-order valence-electron chi connectivity index (χ4n) is 1.98. The molecule has 1 aliphatic heterocycles. The Morgan fingerprint density at radius 3 is 2.81 bits per heavy atom. The second-order valence-electron chi connectivity index (χ2n) is 4.16. The van der Waals surface area contributed by atoms with Crippen LogP contribution in [0.5, 0.6) is 5.75 Å². The van der Waals surface area contributed by atoms with Crippen LogP contribution in [0, 0.1) is 5.92 Å². The number of benzene rings is 1. The van der Waals surface area contributed by atoms with Gasteiger partial charge in [-0.05, 0) is 17.7 Å². The molecule has 0 spiro atoms. The lowest BCUT2D eigenvalue weighted by molar-refractivity contribution is -0.128. The van der Waals surface area contributed by atoms with Gasteiger partial charge >= 0.3 is 0 Å². The molecule has 4 heteroatoms. The van der Waals surface area contributed by atoms with Gasteiger partial charge in [0.1, 0.15) is 5.75 Å². The highest BCUT2D eigenvalue weighted by atomic mass is 32.1. The van der Waals surface area contributed by atoms with Crippen LogP contribution in [-0.4, -0.2) is 28.2 Å². The van der Waals surface area contributed by atoms with Gasteiger partial charge in [0.15, 0.2) is 0 Å². The number of carbonyl (C=O) groups is 1. The molecule has 3 nitrogen and oxygen atoms in total. The summed E-state index contributed by atoms with van der Waals surface area (Å²) in [5.41, 5.74) is 0.802. The first-order valence-corrected chi connectivity index (χ1v) is 5.99. The minimum Gasteiger partial charge on any atom is -0.508 e. The van der Waals surface area contributed by atoms with Gasteiger partial charge in [-0.3, -0.25) is 4.79 Å². The first-order chi connectivity index (χ1) is 7.70. The van der Waals surface area contributed by atoms with Crippen molar-refractivity contribution >= 4 is 18.5 Å². The molecule has 1 unspecified atom stereocenters. The van der Waals surface area contributed by atoms with Crippen molar-refractivity contribution in [2.75, 3.05) is 12.3 Å². The third-order valence-electron chi connectivity index (χ3n) is 2.91. The third-order valence-corrected chi connectivity index (χ3v) is 3.42. The van der Waals surface area contributed by atoms with Gasteiger partial charge in [0.2, 0.25) is 5.91 Å². The predicted octanol–water partition coefficient (Wildman–Crippen LogP) is 1.67. The van der Waals surface area contributed by atoms with E-state index < -0.39 is 0 Å². The smallest absolute Gasteiger partial charge is 0.223 e. The summed E-state index contributed by atoms with van der Waals surface area (Å²) in [5.74, 6) is 1.50. The Kier molecular flexibility index (Phi) is 3.39. The van der Waals surface area contributed by atoms with Gasteiger partial charge in [-0.25, -0.2) is 0 Å². The molecule has 86 valence electrons. The number of nitrogens with zero attached hydrogens (tertiary/aromatic N) is 1. The van der Waals surface area contributed by atoms with Crippen LogP contribution in [0.3, 0.4) is 0 Å². The number of thiol groups is 1. The molecule has 1 heterocycles. The SMILES string of the molecule is O=C1CC(CS)CN1Cc1ccccc1O. The first kappa shape index (κ1) is 11.3. The highest BCUT2D eigenvalue weighted by Crippen LogP contribution is 2.24. The highest BCUT2D eigenvalue weighted by molar-refractivity contribution is 7.80. The molecule has 1 saturated heterocycles. The molecule has 1 aliphatic rings. The number of hydrogen-bond donors (Lipinski definition) is 2. The summed E-state index contributed by atoms with van der Waals surface area (Å²) in [7, 11) is 0. The summed E-state index contributed by atoms with van der Waals surface area (Å²) in [6.45, 7) is 1.24. The minimum absolute atomic E-state index is 0.155. The van der Waals surface area contributed by atoms with Crippen molar-refractivity contribution in [2.24, 2.45) is 5.92 Å². The van der Waals surface area contributed by atoms with E-state index in [4.69, 9.17) is 0 Å². The number of amides is 1. The first-order valence-electron chi connectivity index (χ1n) is 5.36. The second kappa shape index (κ2) is 4.78. The standard InChI is InChI=1S/C12H15NO2S/c14-11-4-2-1-3-10(11)7-13-6-9(8-16)5-12(13)15/h1-4,9,14,16H,5-8H2. The number of rotatable bonds is 3. The largest absolute Gasteiger partial charge is 0.508 e. The number of hydrogen-bond acceptors (Lipinski definition) is 3. The molecular weight excluding hydrogens is 222 g/mol. The molecule has 0 bridgehead atoms. The monoisotopic (exact) mass is 237 g/mol. The third kappa shape index (κ3) is 2.32. The second-order valence-corrected chi connectivity index (χ2v) is 4.52. The van der Waals surface area contributed by atoms with Gasteiger partial charge in [-0.2, -0.15) is 12.6 Å². The molecule has 1 amide bonds. The summed E-state index contributed by atoms with van der Waals surface area (Å²) in [5, 5.41) is 9.63. The average molecular weight is 237 g/mol. The van der Waals surface area contributed by atoms with Gasteiger partial charge in [0.25, 0.3) is 0 Å². The van der Waals surface area contributed by atoms with Crippen LogP contribution in [0.25, 0.3) is 0 Å². The lowest BCUT2D eigenvalue weighted by Gasteiger charge is -2.17. The van der Waals surface area contributed by atoms with E-state index in [1.54, 1.807) is 17.0 Å². The molecule has 16 heavy (non-hydrogen) atoms. The Morgan fingerprint density at radius 2 is 2.19 bits per heavy atom. The van der Waals surface area contributed by atoms with Gasteiger partial charge in [-0.1, -0.05) is 18.2 Å². The van der Waals surface area contributed by atoms with E-state index in [9.17, 15) is 9.90 Å². The summed E-state index contributed by atoms with van der Waals surface area (Å²) < 4.78 is 0. The fourth-order valence-corrected chi connectivity index (χ4v) is 2.22. The predicted molar refractivity (Wildman–Crippen MR) is 65.5 cm³/mol. The number of carbonyl (C=O) groups excluding carboxylic acids is 1. The van der Waals surface area contributed by atoms with Crippen molar-refractivity contribution in [2.45, 2.75) is 13.0 Å². The zero-order valence-electron chi connectivity index (χ0n) is 8.97. The Balaban J connectivity index is 2.06. The molecule has 0 saturated carbocycles. The van der Waals surface area contributed by atoms with Crippen molar-refractivity contribution in [1.29, 1.82) is 0 Å². The van der Waals surface area contributed by atoms with Crippen LogP contribution in [-0.2, 0) is 11.3 Å². The zero-order valence-corrected chi connectivity index (χ0v) is 9.86. The van der Waals surface area contributed by atoms with Crippen LogP contribution >= 0.6 is 12.6 Å². The molecule has 0 aromatic heterocycles. The van der Waals surface area contributed by atoms with Gasteiger partial charge < -0.3 is 10.0 Å². The number of aromatic hydroxyl groups is 1. The van der Waals surface area contributed by atoms with E-state index in [1.807, 2.05) is 12.1 Å². The van der Waals surface area contributed by atoms with Crippen molar-refractivity contribution in [3.8, 4) is 5.75 Å². The Hall–Kier alpha value is -1.16. The maximum Gasteiger partial charge on any atom is 0.223 e. The average Bonchev–Trinajstić information content (AvgIpc) is 2.63. The van der Waals surface area contributed by atoms with E-state index in [-0.39, 0.29) is 11.7 Å². The van der Waals surface area contributed by atoms with Crippen molar-refractivity contribution < 1.29 is 9.90 Å². The van der Waals surface area contributed by atoms with Crippen molar-refractivity contribution in [3.63, 3.8) is 0 Å². The van der Waals surface area contributed by atoms with Gasteiger partial charge in [0.05, 0.1) is 0 Å². The number of phenolic OH excluding ortho intramolecular Hbond substituents is 1. The molecule has 1 atom stereocenters. The Bertz CT molecular complexity index is 394. The summed E-state index contributed by atoms with van der Waals surface area (Å²) in [4.78, 5) is 13.5. The molecule has 1 N–H and O–H groups in total. The fraction of sp³-hybridized carbons (Fsp3) is 0.417. The van der Waals surface area contributed by atoms with Crippen LogP contribution in [0.15, 0.2) is 24.3 Å². The Labute approximate surface area is 100 Å². The molecule has 1 aromatic carbocycles.